The lowest BCUT2D eigenvalue weighted by Crippen LogP contribution is -2.30. The van der Waals surface area contributed by atoms with E-state index >= 15 is 0 Å². The summed E-state index contributed by atoms with van der Waals surface area (Å²) in [6, 6.07) is 0. The van der Waals surface area contributed by atoms with Gasteiger partial charge in [0.15, 0.2) is 6.10 Å². The number of rotatable bonds is 42. The smallest absolute Gasteiger partial charge is 0.306 e. The van der Waals surface area contributed by atoms with Gasteiger partial charge < -0.3 is 14.2 Å². The first kappa shape index (κ1) is 53.3. The quantitative estimate of drug-likeness (QED) is 0.0351. The number of carbonyl (C=O) groups is 2. The largest absolute Gasteiger partial charge is 0.462 e. The van der Waals surface area contributed by atoms with Crippen LogP contribution in [0.5, 0.6) is 0 Å². The van der Waals surface area contributed by atoms with Gasteiger partial charge >= 0.3 is 11.9 Å². The molecule has 0 fully saturated rings. The number of unbranched alkanes of at least 4 members (excludes halogenated alkanes) is 19. The number of esters is 2. The predicted molar refractivity (Wildman–Crippen MR) is 242 cm³/mol. The lowest BCUT2D eigenvalue weighted by Gasteiger charge is -2.18. The van der Waals surface area contributed by atoms with Gasteiger partial charge in [0.2, 0.25) is 0 Å². The number of ether oxygens (including phenoxy) is 3. The zero-order valence-corrected chi connectivity index (χ0v) is 36.9. The van der Waals surface area contributed by atoms with E-state index in [-0.39, 0.29) is 25.2 Å². The van der Waals surface area contributed by atoms with Crippen molar-refractivity contribution in [3.8, 4) is 0 Å². The molecule has 0 saturated heterocycles. The van der Waals surface area contributed by atoms with E-state index in [2.05, 4.69) is 93.7 Å². The summed E-state index contributed by atoms with van der Waals surface area (Å²) in [5.41, 5.74) is 0. The van der Waals surface area contributed by atoms with Gasteiger partial charge in [-0.3, -0.25) is 9.59 Å². The van der Waals surface area contributed by atoms with Crippen molar-refractivity contribution in [3.63, 3.8) is 0 Å². The molecule has 1 atom stereocenters. The Labute approximate surface area is 347 Å². The van der Waals surface area contributed by atoms with Crippen LogP contribution in [0.15, 0.2) is 72.9 Å². The van der Waals surface area contributed by atoms with E-state index in [0.717, 1.165) is 96.3 Å². The normalized spacial score (nSPS) is 12.8. The van der Waals surface area contributed by atoms with Gasteiger partial charge in [0.25, 0.3) is 0 Å². The van der Waals surface area contributed by atoms with Crippen LogP contribution in [-0.2, 0) is 23.8 Å². The highest BCUT2D eigenvalue weighted by Gasteiger charge is 2.17. The third-order valence-corrected chi connectivity index (χ3v) is 9.68. The third kappa shape index (κ3) is 44.1. The summed E-state index contributed by atoms with van der Waals surface area (Å²) in [5, 5.41) is 0. The second-order valence-corrected chi connectivity index (χ2v) is 15.3. The molecule has 0 amide bonds. The highest BCUT2D eigenvalue weighted by atomic mass is 16.6. The van der Waals surface area contributed by atoms with Crippen molar-refractivity contribution in [1.29, 1.82) is 0 Å². The number of carbonyl (C=O) groups excluding carboxylic acids is 2. The molecule has 0 N–H and O–H groups in total. The Balaban J connectivity index is 4.34. The van der Waals surface area contributed by atoms with E-state index in [9.17, 15) is 9.59 Å². The van der Waals surface area contributed by atoms with E-state index in [0.29, 0.717) is 19.4 Å². The summed E-state index contributed by atoms with van der Waals surface area (Å²) in [6.07, 6.45) is 59.0. The van der Waals surface area contributed by atoms with Crippen LogP contribution in [0.25, 0.3) is 0 Å². The predicted octanol–water partition coefficient (Wildman–Crippen LogP) is 15.6. The van der Waals surface area contributed by atoms with Crippen molar-refractivity contribution in [3.05, 3.63) is 72.9 Å². The summed E-state index contributed by atoms with van der Waals surface area (Å²) in [7, 11) is 0. The summed E-state index contributed by atoms with van der Waals surface area (Å²) in [5.74, 6) is -0.453. The zero-order chi connectivity index (χ0) is 40.7. The Hall–Kier alpha value is -2.66. The first-order valence-electron chi connectivity index (χ1n) is 23.5. The SMILES string of the molecule is CC/C=C\C/C=C\C/C=C\CCCCCC(=O)OCC(COCCCCCCCC/C=C\CCCCCC)OC(=O)CCCCCCC/C=C\C/C=C\CCC. The van der Waals surface area contributed by atoms with Gasteiger partial charge in [0, 0.05) is 19.4 Å². The van der Waals surface area contributed by atoms with Crippen LogP contribution in [0.3, 0.4) is 0 Å². The average Bonchev–Trinajstić information content (AvgIpc) is 3.20. The monoisotopic (exact) mass is 781 g/mol. The van der Waals surface area contributed by atoms with Crippen LogP contribution < -0.4 is 0 Å². The molecule has 0 aliphatic rings. The Morgan fingerprint density at radius 1 is 0.411 bits per heavy atom. The molecule has 0 aliphatic heterocycles. The van der Waals surface area contributed by atoms with Crippen molar-refractivity contribution in [1.82, 2.24) is 0 Å². The molecule has 0 rings (SSSR count). The molecule has 0 spiro atoms. The van der Waals surface area contributed by atoms with Crippen LogP contribution in [0, 0.1) is 0 Å². The van der Waals surface area contributed by atoms with Gasteiger partial charge in [-0.05, 0) is 103 Å². The summed E-state index contributed by atoms with van der Waals surface area (Å²) >= 11 is 0. The van der Waals surface area contributed by atoms with E-state index < -0.39 is 6.10 Å². The highest BCUT2D eigenvalue weighted by Crippen LogP contribution is 2.12. The van der Waals surface area contributed by atoms with Gasteiger partial charge in [-0.25, -0.2) is 0 Å². The standard InChI is InChI=1S/C51H88O5/c1-4-7-10-13-16-19-22-25-28-31-34-37-40-43-46-54-47-49(56-51(53)45-42-39-36-33-30-27-24-21-18-15-12-9-6-3)48-55-50(52)44-41-38-35-32-29-26-23-20-17-14-11-8-5-2/h8,11-12,15,17,19-22,24,26,29,49H,4-7,9-10,13-14,16,18,23,25,27-28,30-48H2,1-3H3/b11-8-,15-12-,20-17-,22-19-,24-21-,29-26-. The van der Waals surface area contributed by atoms with E-state index in [1.54, 1.807) is 0 Å². The van der Waals surface area contributed by atoms with Gasteiger partial charge in [0.1, 0.15) is 6.61 Å². The van der Waals surface area contributed by atoms with Crippen molar-refractivity contribution in [2.45, 2.75) is 219 Å². The van der Waals surface area contributed by atoms with Crippen molar-refractivity contribution >= 4 is 11.9 Å². The molecule has 56 heavy (non-hydrogen) atoms. The van der Waals surface area contributed by atoms with Crippen LogP contribution in [0.1, 0.15) is 213 Å². The van der Waals surface area contributed by atoms with Gasteiger partial charge in [-0.1, -0.05) is 171 Å². The van der Waals surface area contributed by atoms with E-state index in [1.165, 1.54) is 83.5 Å². The van der Waals surface area contributed by atoms with Gasteiger partial charge in [-0.2, -0.15) is 0 Å². The molecule has 0 aromatic rings. The van der Waals surface area contributed by atoms with Crippen LogP contribution in [0.4, 0.5) is 0 Å². The maximum atomic E-state index is 12.7. The van der Waals surface area contributed by atoms with Crippen LogP contribution >= 0.6 is 0 Å². The second-order valence-electron chi connectivity index (χ2n) is 15.3. The molecule has 322 valence electrons. The van der Waals surface area contributed by atoms with Crippen LogP contribution in [-0.4, -0.2) is 37.9 Å². The summed E-state index contributed by atoms with van der Waals surface area (Å²) in [4.78, 5) is 25.3. The highest BCUT2D eigenvalue weighted by molar-refractivity contribution is 5.70. The minimum absolute atomic E-state index is 0.0597. The first-order valence-corrected chi connectivity index (χ1v) is 23.5. The zero-order valence-electron chi connectivity index (χ0n) is 36.9. The molecule has 0 aromatic heterocycles. The molecule has 1 unspecified atom stereocenters. The summed E-state index contributed by atoms with van der Waals surface area (Å²) < 4.78 is 17.3. The van der Waals surface area contributed by atoms with E-state index in [4.69, 9.17) is 14.2 Å². The van der Waals surface area contributed by atoms with Crippen molar-refractivity contribution in [2.75, 3.05) is 19.8 Å². The fourth-order valence-electron chi connectivity index (χ4n) is 6.20. The Kier molecular flexibility index (Phi) is 44.5. The van der Waals surface area contributed by atoms with Crippen molar-refractivity contribution < 1.29 is 23.8 Å². The third-order valence-electron chi connectivity index (χ3n) is 9.68. The second kappa shape index (κ2) is 46.7. The molecule has 0 heterocycles. The van der Waals surface area contributed by atoms with Crippen molar-refractivity contribution in [2.24, 2.45) is 0 Å². The molecule has 0 aliphatic carbocycles. The average molecular weight is 781 g/mol. The molecule has 5 heteroatoms. The Morgan fingerprint density at radius 2 is 0.839 bits per heavy atom. The maximum absolute atomic E-state index is 12.7. The number of hydrogen-bond donors (Lipinski definition) is 0. The molecule has 0 saturated carbocycles. The van der Waals surface area contributed by atoms with Gasteiger partial charge in [-0.15, -0.1) is 0 Å². The molecule has 0 radical (unpaired) electrons. The first-order chi connectivity index (χ1) is 27.6. The Bertz CT molecular complexity index is 1020. The minimum atomic E-state index is -0.559. The fourth-order valence-corrected chi connectivity index (χ4v) is 6.20. The number of hydrogen-bond acceptors (Lipinski definition) is 5. The fraction of sp³-hybridized carbons (Fsp3) is 0.725. The molecule has 5 nitrogen and oxygen atoms in total. The topological polar surface area (TPSA) is 61.8 Å². The lowest BCUT2D eigenvalue weighted by molar-refractivity contribution is -0.163. The molecular formula is C51H88O5. The van der Waals surface area contributed by atoms with Crippen LogP contribution in [0.2, 0.25) is 0 Å². The summed E-state index contributed by atoms with van der Waals surface area (Å²) in [6.45, 7) is 7.57. The number of allylic oxidation sites excluding steroid dienone is 12. The maximum Gasteiger partial charge on any atom is 0.306 e. The molecule has 0 aromatic carbocycles. The molecular weight excluding hydrogens is 693 g/mol. The van der Waals surface area contributed by atoms with Gasteiger partial charge in [0.05, 0.1) is 6.61 Å². The van der Waals surface area contributed by atoms with E-state index in [1.807, 2.05) is 0 Å². The minimum Gasteiger partial charge on any atom is -0.462 e. The Morgan fingerprint density at radius 3 is 1.39 bits per heavy atom. The lowest BCUT2D eigenvalue weighted by atomic mass is 10.1. The molecule has 0 bridgehead atoms.